The van der Waals surface area contributed by atoms with E-state index in [1.807, 2.05) is 0 Å². The van der Waals surface area contributed by atoms with Gasteiger partial charge in [-0.3, -0.25) is 4.79 Å². The highest BCUT2D eigenvalue weighted by molar-refractivity contribution is 9.11. The summed E-state index contributed by atoms with van der Waals surface area (Å²) < 4.78 is 14.3. The topological polar surface area (TPSA) is 17.1 Å². The third kappa shape index (κ3) is 2.60. The molecule has 70 valence electrons. The van der Waals surface area contributed by atoms with Crippen LogP contribution in [0.15, 0.2) is 21.1 Å². The zero-order valence-electron chi connectivity index (χ0n) is 6.28. The molecule has 0 saturated carbocycles. The maximum absolute atomic E-state index is 13.3. The predicted octanol–water partition coefficient (Wildman–Crippen LogP) is 3.93. The van der Waals surface area contributed by atoms with Crippen molar-refractivity contribution in [1.29, 1.82) is 0 Å². The van der Waals surface area contributed by atoms with Crippen LogP contribution in [0.5, 0.6) is 0 Å². The van der Waals surface area contributed by atoms with Gasteiger partial charge in [-0.1, -0.05) is 31.9 Å². The molecule has 0 aliphatic carbocycles. The summed E-state index contributed by atoms with van der Waals surface area (Å²) in [6.07, 6.45) is 0. The molecule has 0 heterocycles. The van der Waals surface area contributed by atoms with Crippen molar-refractivity contribution >= 4 is 53.6 Å². The molecule has 0 unspecified atom stereocenters. The minimum atomic E-state index is -0.521. The van der Waals surface area contributed by atoms with Crippen LogP contribution in [-0.2, 0) is 0 Å². The predicted molar refractivity (Wildman–Crippen MR) is 59.9 cm³/mol. The normalized spacial score (nSPS) is 10.2. The molecule has 0 N–H and O–H groups in total. The second-order valence-electron chi connectivity index (χ2n) is 2.31. The fraction of sp³-hybridized carbons (Fsp3) is 0.125. The van der Waals surface area contributed by atoms with E-state index >= 15 is 0 Å². The highest BCUT2D eigenvalue weighted by Crippen LogP contribution is 2.25. The van der Waals surface area contributed by atoms with Crippen molar-refractivity contribution in [3.8, 4) is 0 Å². The zero-order chi connectivity index (χ0) is 10.0. The number of carbonyl (C=O) groups excluding carboxylic acids is 1. The Morgan fingerprint density at radius 1 is 1.38 bits per heavy atom. The molecule has 0 aliphatic rings. The smallest absolute Gasteiger partial charge is 0.176 e. The fourth-order valence-corrected chi connectivity index (χ4v) is 2.36. The lowest BCUT2D eigenvalue weighted by atomic mass is 10.1. The van der Waals surface area contributed by atoms with Gasteiger partial charge in [0, 0.05) is 4.47 Å². The number of alkyl halides is 1. The van der Waals surface area contributed by atoms with Gasteiger partial charge in [0.15, 0.2) is 5.78 Å². The van der Waals surface area contributed by atoms with Crippen LogP contribution in [0.25, 0.3) is 0 Å². The van der Waals surface area contributed by atoms with Gasteiger partial charge in [-0.05, 0) is 28.1 Å². The van der Waals surface area contributed by atoms with Gasteiger partial charge < -0.3 is 0 Å². The van der Waals surface area contributed by atoms with Crippen LogP contribution < -0.4 is 0 Å². The van der Waals surface area contributed by atoms with Crippen molar-refractivity contribution in [2.75, 3.05) is 5.33 Å². The van der Waals surface area contributed by atoms with Gasteiger partial charge >= 0.3 is 0 Å². The zero-order valence-corrected chi connectivity index (χ0v) is 11.0. The van der Waals surface area contributed by atoms with Gasteiger partial charge in [0.05, 0.1) is 15.4 Å². The summed E-state index contributed by atoms with van der Waals surface area (Å²) in [5.74, 6) is -0.799. The van der Waals surface area contributed by atoms with Crippen molar-refractivity contribution in [3.63, 3.8) is 0 Å². The molecule has 1 nitrogen and oxygen atoms in total. The molecule has 1 aromatic rings. The molecule has 0 saturated heterocycles. The summed E-state index contributed by atoms with van der Waals surface area (Å²) in [5.41, 5.74) is 0.0816. The lowest BCUT2D eigenvalue weighted by molar-refractivity contribution is 0.102. The van der Waals surface area contributed by atoms with Crippen LogP contribution in [0.3, 0.4) is 0 Å². The van der Waals surface area contributed by atoms with Gasteiger partial charge in [-0.25, -0.2) is 4.39 Å². The number of ketones is 1. The Balaban J connectivity index is 3.28. The molecule has 0 spiro atoms. The number of hydrogen-bond donors (Lipinski definition) is 0. The molecule has 0 radical (unpaired) electrons. The molecule has 13 heavy (non-hydrogen) atoms. The molecule has 5 heteroatoms. The SMILES string of the molecule is O=C(CBr)c1cc(Br)cc(Br)c1F. The summed E-state index contributed by atoms with van der Waals surface area (Å²) in [6.45, 7) is 0. The number of rotatable bonds is 2. The minimum absolute atomic E-state index is 0.0816. The van der Waals surface area contributed by atoms with Gasteiger partial charge in [0.25, 0.3) is 0 Å². The molecule has 0 bridgehead atoms. The van der Waals surface area contributed by atoms with E-state index in [9.17, 15) is 9.18 Å². The van der Waals surface area contributed by atoms with Crippen molar-refractivity contribution in [1.82, 2.24) is 0 Å². The number of benzene rings is 1. The monoisotopic (exact) mass is 372 g/mol. The van der Waals surface area contributed by atoms with Crippen LogP contribution >= 0.6 is 47.8 Å². The van der Waals surface area contributed by atoms with E-state index in [0.29, 0.717) is 4.47 Å². The molecule has 0 aliphatic heterocycles. The Hall–Kier alpha value is 0.260. The van der Waals surface area contributed by atoms with E-state index in [0.717, 1.165) is 0 Å². The molecular formula is C8H4Br3FO. The molecule has 0 fully saturated rings. The molecular weight excluding hydrogens is 371 g/mol. The molecule has 0 aromatic heterocycles. The van der Waals surface area contributed by atoms with Crippen molar-refractivity contribution in [2.24, 2.45) is 0 Å². The van der Waals surface area contributed by atoms with Crippen LogP contribution in [0, 0.1) is 5.82 Å². The first kappa shape index (κ1) is 11.3. The third-order valence-corrected chi connectivity index (χ3v) is 2.96. The molecule has 1 aromatic carbocycles. The van der Waals surface area contributed by atoms with E-state index in [2.05, 4.69) is 47.8 Å². The Bertz CT molecular complexity index is 351. The largest absolute Gasteiger partial charge is 0.293 e. The van der Waals surface area contributed by atoms with E-state index in [4.69, 9.17) is 0 Å². The van der Waals surface area contributed by atoms with E-state index < -0.39 is 5.82 Å². The van der Waals surface area contributed by atoms with Crippen molar-refractivity contribution in [2.45, 2.75) is 0 Å². The summed E-state index contributed by atoms with van der Waals surface area (Å²) >= 11 is 9.19. The number of hydrogen-bond acceptors (Lipinski definition) is 1. The highest BCUT2D eigenvalue weighted by atomic mass is 79.9. The first-order valence-corrected chi connectivity index (χ1v) is 6.00. The first-order chi connectivity index (χ1) is 6.06. The van der Waals surface area contributed by atoms with Crippen molar-refractivity contribution in [3.05, 3.63) is 32.5 Å². The summed E-state index contributed by atoms with van der Waals surface area (Å²) in [4.78, 5) is 11.2. The average molecular weight is 375 g/mol. The summed E-state index contributed by atoms with van der Waals surface area (Å²) in [5, 5.41) is 0.118. The average Bonchev–Trinajstić information content (AvgIpc) is 2.10. The lowest BCUT2D eigenvalue weighted by Gasteiger charge is -2.02. The molecule has 0 atom stereocenters. The number of halogens is 4. The van der Waals surface area contributed by atoms with E-state index in [-0.39, 0.29) is 21.1 Å². The van der Waals surface area contributed by atoms with E-state index in [1.54, 1.807) is 6.07 Å². The van der Waals surface area contributed by atoms with Crippen LogP contribution in [-0.4, -0.2) is 11.1 Å². The Labute approximate surface area is 100 Å². The Morgan fingerprint density at radius 3 is 2.54 bits per heavy atom. The van der Waals surface area contributed by atoms with Crippen LogP contribution in [0.2, 0.25) is 0 Å². The second-order valence-corrected chi connectivity index (χ2v) is 4.64. The molecule has 1 rings (SSSR count). The highest BCUT2D eigenvalue weighted by Gasteiger charge is 2.13. The number of Topliss-reactive ketones (excluding diaryl/α,β-unsaturated/α-hetero) is 1. The fourth-order valence-electron chi connectivity index (χ4n) is 0.831. The van der Waals surface area contributed by atoms with Crippen molar-refractivity contribution < 1.29 is 9.18 Å². The summed E-state index contributed by atoms with van der Waals surface area (Å²) in [7, 11) is 0. The standard InChI is InChI=1S/C8H4Br3FO/c9-3-7(13)5-1-4(10)2-6(11)8(5)12/h1-2H,3H2. The number of carbonyl (C=O) groups is 1. The lowest BCUT2D eigenvalue weighted by Crippen LogP contribution is -2.03. The maximum atomic E-state index is 13.3. The quantitative estimate of drug-likeness (QED) is 0.435. The van der Waals surface area contributed by atoms with Gasteiger partial charge in [-0.2, -0.15) is 0 Å². The van der Waals surface area contributed by atoms with Gasteiger partial charge in [0.2, 0.25) is 0 Å². The van der Waals surface area contributed by atoms with E-state index in [1.165, 1.54) is 6.07 Å². The Morgan fingerprint density at radius 2 is 2.00 bits per heavy atom. The van der Waals surface area contributed by atoms with Gasteiger partial charge in [0.1, 0.15) is 5.82 Å². The van der Waals surface area contributed by atoms with Crippen LogP contribution in [0.4, 0.5) is 4.39 Å². The first-order valence-electron chi connectivity index (χ1n) is 3.30. The van der Waals surface area contributed by atoms with Crippen LogP contribution in [0.1, 0.15) is 10.4 Å². The van der Waals surface area contributed by atoms with Gasteiger partial charge in [-0.15, -0.1) is 0 Å². The molecule has 0 amide bonds. The second kappa shape index (κ2) is 4.66. The minimum Gasteiger partial charge on any atom is -0.293 e. The summed E-state index contributed by atoms with van der Waals surface area (Å²) in [6, 6.07) is 3.02. The maximum Gasteiger partial charge on any atom is 0.176 e. The third-order valence-electron chi connectivity index (χ3n) is 1.41. The Kier molecular flexibility index (Phi) is 4.06.